The highest BCUT2D eigenvalue weighted by Gasteiger charge is 2.43. The molecule has 2 N–H and O–H groups in total. The Morgan fingerprint density at radius 1 is 1.33 bits per heavy atom. The molecule has 2 aromatic heterocycles. The zero-order valence-corrected chi connectivity index (χ0v) is 24.7. The number of nitrogens with zero attached hydrogens (tertiary/aromatic N) is 2. The number of esters is 1. The number of amides is 1. The van der Waals surface area contributed by atoms with Crippen LogP contribution in [0.25, 0.3) is 22.3 Å². The fourth-order valence-corrected chi connectivity index (χ4v) is 7.08. The quantitative estimate of drug-likeness (QED) is 0.244. The van der Waals surface area contributed by atoms with Crippen LogP contribution in [0.4, 0.5) is 4.39 Å². The summed E-state index contributed by atoms with van der Waals surface area (Å²) in [6, 6.07) is 2.46. The van der Waals surface area contributed by atoms with Gasteiger partial charge in [0, 0.05) is 22.6 Å². The normalized spacial score (nSPS) is 21.1. The number of hydrogen-bond acceptors (Lipinski definition) is 8. The van der Waals surface area contributed by atoms with Crippen LogP contribution < -0.4 is 10.9 Å². The molecular formula is C30H32FN3O7S. The highest BCUT2D eigenvalue weighted by molar-refractivity contribution is 7.92. The summed E-state index contributed by atoms with van der Waals surface area (Å²) in [7, 11) is 0. The molecule has 1 aliphatic carbocycles. The van der Waals surface area contributed by atoms with E-state index in [1.165, 1.54) is 17.6 Å². The first kappa shape index (κ1) is 28.8. The van der Waals surface area contributed by atoms with Crippen LogP contribution in [0.2, 0.25) is 0 Å². The molecule has 0 saturated carbocycles. The van der Waals surface area contributed by atoms with Crippen LogP contribution in [-0.2, 0) is 55.4 Å². The first-order valence-corrected chi connectivity index (χ1v) is 15.4. The van der Waals surface area contributed by atoms with Gasteiger partial charge in [0.15, 0.2) is 11.4 Å². The molecule has 1 aromatic carbocycles. The lowest BCUT2D eigenvalue weighted by molar-refractivity contribution is -0.169. The lowest BCUT2D eigenvalue weighted by Crippen LogP contribution is -2.42. The number of carbonyl (C=O) groups is 2. The van der Waals surface area contributed by atoms with Crippen LogP contribution in [0.15, 0.2) is 16.9 Å². The number of aromatic nitrogens is 2. The second-order valence-electron chi connectivity index (χ2n) is 11.5. The van der Waals surface area contributed by atoms with Gasteiger partial charge in [-0.25, -0.2) is 14.2 Å². The molecule has 222 valence electrons. The molecule has 10 nitrogen and oxygen atoms in total. The first-order valence-electron chi connectivity index (χ1n) is 14.0. The van der Waals surface area contributed by atoms with Crippen LogP contribution in [-0.4, -0.2) is 55.3 Å². The molecule has 1 amide bonds. The predicted octanol–water partition coefficient (Wildman–Crippen LogP) is 2.41. The molecule has 0 saturated heterocycles. The zero-order chi connectivity index (χ0) is 30.1. The third-order valence-corrected chi connectivity index (χ3v) is 9.60. The average molecular weight is 598 g/mol. The Kier molecular flexibility index (Phi) is 7.16. The fourth-order valence-electron chi connectivity index (χ4n) is 6.28. The summed E-state index contributed by atoms with van der Waals surface area (Å²) in [5.74, 6) is -1.57. The molecule has 0 radical (unpaired) electrons. The number of aliphatic hydroxyl groups is 1. The van der Waals surface area contributed by atoms with Crippen molar-refractivity contribution >= 4 is 34.0 Å². The van der Waals surface area contributed by atoms with Gasteiger partial charge in [-0.3, -0.25) is 9.59 Å². The lowest BCUT2D eigenvalue weighted by atomic mass is 9.81. The van der Waals surface area contributed by atoms with Crippen molar-refractivity contribution in [2.24, 2.45) is 0 Å². The van der Waals surface area contributed by atoms with Gasteiger partial charge in [-0.1, -0.05) is 0 Å². The van der Waals surface area contributed by atoms with Crippen molar-refractivity contribution in [2.75, 3.05) is 18.1 Å². The van der Waals surface area contributed by atoms with Gasteiger partial charge in [-0.2, -0.15) is 0 Å². The number of benzene rings is 1. The molecule has 4 heterocycles. The SMILES string of the molecule is Cc1c(F)cc2nc3c(c4c2c1CC[C@@H]4NC(=O)C[S+]([O-])CCOC(C)C)Cn1c-3cc2c(c1=O)COC(=O)[C@@]2(C)O. The summed E-state index contributed by atoms with van der Waals surface area (Å²) in [4.78, 5) is 43.8. The molecule has 3 atom stereocenters. The summed E-state index contributed by atoms with van der Waals surface area (Å²) in [6.07, 6.45) is 0.994. The molecular weight excluding hydrogens is 565 g/mol. The van der Waals surface area contributed by atoms with Crippen LogP contribution >= 0.6 is 0 Å². The number of cyclic esters (lactones) is 1. The summed E-state index contributed by atoms with van der Waals surface area (Å²) >= 11 is -1.41. The fraction of sp³-hybridized carbons (Fsp3) is 0.467. The Morgan fingerprint density at radius 3 is 2.83 bits per heavy atom. The number of aryl methyl sites for hydroxylation is 1. The van der Waals surface area contributed by atoms with E-state index in [1.54, 1.807) is 13.0 Å². The van der Waals surface area contributed by atoms with Crippen LogP contribution in [0.1, 0.15) is 66.6 Å². The van der Waals surface area contributed by atoms with Gasteiger partial charge in [0.2, 0.25) is 0 Å². The molecule has 1 unspecified atom stereocenters. The second kappa shape index (κ2) is 10.4. The predicted molar refractivity (Wildman–Crippen MR) is 153 cm³/mol. The summed E-state index contributed by atoms with van der Waals surface area (Å²) < 4.78 is 39.6. The molecule has 42 heavy (non-hydrogen) atoms. The third kappa shape index (κ3) is 4.61. The number of hydrogen-bond donors (Lipinski definition) is 2. The van der Waals surface area contributed by atoms with Gasteiger partial charge >= 0.3 is 5.97 Å². The topological polar surface area (TPSA) is 143 Å². The van der Waals surface area contributed by atoms with E-state index < -0.39 is 40.2 Å². The van der Waals surface area contributed by atoms with Gasteiger partial charge in [0.25, 0.3) is 11.5 Å². The van der Waals surface area contributed by atoms with E-state index in [9.17, 15) is 24.0 Å². The Bertz CT molecular complexity index is 1720. The van der Waals surface area contributed by atoms with Crippen LogP contribution in [0.5, 0.6) is 0 Å². The van der Waals surface area contributed by atoms with Gasteiger partial charge in [-0.15, -0.1) is 0 Å². The lowest BCUT2D eigenvalue weighted by Gasteiger charge is -2.30. The van der Waals surface area contributed by atoms with Crippen molar-refractivity contribution in [1.82, 2.24) is 14.9 Å². The van der Waals surface area contributed by atoms with Crippen LogP contribution in [0, 0.1) is 12.7 Å². The van der Waals surface area contributed by atoms with Crippen molar-refractivity contribution in [3.05, 3.63) is 61.7 Å². The molecule has 6 rings (SSSR count). The monoisotopic (exact) mass is 597 g/mol. The minimum atomic E-state index is -2.01. The second-order valence-corrected chi connectivity index (χ2v) is 13.1. The van der Waals surface area contributed by atoms with Gasteiger partial charge in [-0.05, 0) is 74.5 Å². The van der Waals surface area contributed by atoms with E-state index in [4.69, 9.17) is 14.5 Å². The van der Waals surface area contributed by atoms with E-state index in [2.05, 4.69) is 5.32 Å². The van der Waals surface area contributed by atoms with E-state index in [0.717, 1.165) is 16.5 Å². The molecule has 0 spiro atoms. The average Bonchev–Trinajstić information content (AvgIpc) is 3.29. The van der Waals surface area contributed by atoms with Crippen molar-refractivity contribution in [3.8, 4) is 11.4 Å². The highest BCUT2D eigenvalue weighted by Crippen LogP contribution is 2.45. The Labute approximate surface area is 244 Å². The minimum absolute atomic E-state index is 0.00364. The van der Waals surface area contributed by atoms with Gasteiger partial charge in [0.05, 0.1) is 47.8 Å². The molecule has 3 aliphatic rings. The largest absolute Gasteiger partial charge is 0.616 e. The number of fused-ring (bicyclic) bond motifs is 5. The van der Waals surface area contributed by atoms with E-state index in [-0.39, 0.29) is 54.4 Å². The van der Waals surface area contributed by atoms with Gasteiger partial charge < -0.3 is 29.0 Å². The van der Waals surface area contributed by atoms with Gasteiger partial charge in [0.1, 0.15) is 18.2 Å². The van der Waals surface area contributed by atoms with Crippen molar-refractivity contribution in [3.63, 3.8) is 0 Å². The smallest absolute Gasteiger partial charge is 0.342 e. The maximum atomic E-state index is 15.0. The van der Waals surface area contributed by atoms with Crippen molar-refractivity contribution < 1.29 is 33.1 Å². The number of rotatable bonds is 7. The molecule has 0 bridgehead atoms. The number of ether oxygens (including phenoxy) is 2. The standard InChI is InChI=1S/C30H32FN3O7S/c1-14(2)40-7-8-42(39)13-24(35)32-21-6-5-16-15(3)20(31)10-22-25(16)26(21)17-11-34-23(27(17)33-22)9-19-18(28(34)36)12-41-29(37)30(19,4)38/h9-10,14,21,38H,5-8,11-13H2,1-4H3,(H,32,35)/t21-,30-,42?/m0/s1. The van der Waals surface area contributed by atoms with E-state index >= 15 is 4.39 Å². The highest BCUT2D eigenvalue weighted by atomic mass is 32.2. The van der Waals surface area contributed by atoms with Crippen molar-refractivity contribution in [1.29, 1.82) is 0 Å². The molecule has 3 aromatic rings. The van der Waals surface area contributed by atoms with E-state index in [1.807, 2.05) is 13.8 Å². The summed E-state index contributed by atoms with van der Waals surface area (Å²) in [5, 5.41) is 14.7. The zero-order valence-electron chi connectivity index (χ0n) is 23.8. The molecule has 0 fully saturated rings. The maximum absolute atomic E-state index is 15.0. The number of nitrogens with one attached hydrogen (secondary N) is 1. The maximum Gasteiger partial charge on any atom is 0.342 e. The van der Waals surface area contributed by atoms with Crippen LogP contribution in [0.3, 0.4) is 0 Å². The molecule has 12 heteroatoms. The minimum Gasteiger partial charge on any atom is -0.616 e. The third-order valence-electron chi connectivity index (χ3n) is 8.39. The number of halogens is 1. The Balaban J connectivity index is 1.44. The molecule has 2 aliphatic heterocycles. The Morgan fingerprint density at radius 2 is 2.10 bits per heavy atom. The Hall–Kier alpha value is -3.32. The first-order chi connectivity index (χ1) is 19.9. The number of carbonyl (C=O) groups excluding carboxylic acids is 2. The summed E-state index contributed by atoms with van der Waals surface area (Å²) in [6.45, 7) is 6.95. The summed E-state index contributed by atoms with van der Waals surface area (Å²) in [5.41, 5.74) is 1.90. The van der Waals surface area contributed by atoms with Crippen molar-refractivity contribution in [2.45, 2.75) is 71.4 Å². The number of pyridine rings is 2. The van der Waals surface area contributed by atoms with E-state index in [0.29, 0.717) is 40.9 Å².